The van der Waals surface area contributed by atoms with Crippen molar-refractivity contribution in [3.63, 3.8) is 0 Å². The van der Waals surface area contributed by atoms with Crippen LogP contribution in [0.1, 0.15) is 69.6 Å². The standard InChI is InChI=1S/C25H34N4O2/c1-25(2,3)31-24(30)28-15-18-11-12-19(16-28)21(18)14-22-26-23-20(10-7-13-29(23)27-22)17-8-5-4-6-9-17/h4-6,8-9,18-21H,7,10-16H2,1-3H3/t18-,19+,20?,21?. The number of piperidine rings is 1. The molecule has 166 valence electrons. The van der Waals surface area contributed by atoms with Crippen LogP contribution in [0.4, 0.5) is 4.79 Å². The van der Waals surface area contributed by atoms with Crippen molar-refractivity contribution in [2.24, 2.45) is 17.8 Å². The molecule has 0 N–H and O–H groups in total. The molecule has 0 spiro atoms. The van der Waals surface area contributed by atoms with Crippen molar-refractivity contribution in [2.75, 3.05) is 13.1 Å². The van der Waals surface area contributed by atoms with E-state index in [1.807, 2.05) is 25.7 Å². The second kappa shape index (κ2) is 7.95. The number of nitrogens with zero attached hydrogens (tertiary/aromatic N) is 4. The van der Waals surface area contributed by atoms with Gasteiger partial charge in [0, 0.05) is 32.0 Å². The number of fused-ring (bicyclic) bond motifs is 3. The number of carbonyl (C=O) groups excluding carboxylic acids is 1. The summed E-state index contributed by atoms with van der Waals surface area (Å²) in [6.07, 6.45) is 5.43. The van der Waals surface area contributed by atoms with E-state index in [-0.39, 0.29) is 6.09 Å². The highest BCUT2D eigenvalue weighted by molar-refractivity contribution is 5.68. The van der Waals surface area contributed by atoms with Crippen LogP contribution in [0.15, 0.2) is 30.3 Å². The molecular weight excluding hydrogens is 388 g/mol. The molecule has 5 rings (SSSR count). The quantitative estimate of drug-likeness (QED) is 0.723. The smallest absolute Gasteiger partial charge is 0.410 e. The van der Waals surface area contributed by atoms with Crippen molar-refractivity contribution in [2.45, 2.75) is 70.9 Å². The van der Waals surface area contributed by atoms with Gasteiger partial charge in [0.2, 0.25) is 0 Å². The summed E-state index contributed by atoms with van der Waals surface area (Å²) in [5.41, 5.74) is 0.898. The van der Waals surface area contributed by atoms with E-state index in [1.165, 1.54) is 18.4 Å². The van der Waals surface area contributed by atoms with Crippen LogP contribution in [0.2, 0.25) is 0 Å². The molecule has 1 aromatic heterocycles. The molecule has 6 nitrogen and oxygen atoms in total. The third-order valence-corrected chi connectivity index (χ3v) is 7.22. The first kappa shape index (κ1) is 20.5. The van der Waals surface area contributed by atoms with E-state index in [2.05, 4.69) is 35.0 Å². The van der Waals surface area contributed by atoms with Crippen molar-refractivity contribution < 1.29 is 9.53 Å². The fourth-order valence-electron chi connectivity index (χ4n) is 5.84. The van der Waals surface area contributed by atoms with Crippen molar-refractivity contribution >= 4 is 6.09 Å². The van der Waals surface area contributed by atoms with Gasteiger partial charge in [-0.1, -0.05) is 30.3 Å². The molecule has 2 fully saturated rings. The SMILES string of the molecule is CC(C)(C)OC(=O)N1C[C@H]2CC[C@@H](C1)C2Cc1nc2n(n1)CCCC2c1ccccc1. The predicted octanol–water partition coefficient (Wildman–Crippen LogP) is 4.64. The molecule has 1 saturated heterocycles. The van der Waals surface area contributed by atoms with Gasteiger partial charge in [0.15, 0.2) is 5.82 Å². The van der Waals surface area contributed by atoms with Gasteiger partial charge in [-0.3, -0.25) is 0 Å². The Balaban J connectivity index is 1.29. The van der Waals surface area contributed by atoms with Gasteiger partial charge in [-0.25, -0.2) is 14.5 Å². The lowest BCUT2D eigenvalue weighted by Gasteiger charge is -2.38. The van der Waals surface area contributed by atoms with Crippen molar-refractivity contribution in [1.29, 1.82) is 0 Å². The molecule has 3 heterocycles. The van der Waals surface area contributed by atoms with Crippen LogP contribution in [-0.2, 0) is 17.7 Å². The zero-order chi connectivity index (χ0) is 21.6. The topological polar surface area (TPSA) is 60.2 Å². The minimum absolute atomic E-state index is 0.163. The normalized spacial score (nSPS) is 27.8. The largest absolute Gasteiger partial charge is 0.444 e. The molecule has 2 bridgehead atoms. The molecule has 2 unspecified atom stereocenters. The third kappa shape index (κ3) is 4.21. The molecule has 6 heteroatoms. The van der Waals surface area contributed by atoms with Gasteiger partial charge in [-0.05, 0) is 69.8 Å². The molecule has 1 amide bonds. The lowest BCUT2D eigenvalue weighted by molar-refractivity contribution is 0.00786. The first-order valence-electron chi connectivity index (χ1n) is 11.8. The highest BCUT2D eigenvalue weighted by Gasteiger charge is 2.44. The summed E-state index contributed by atoms with van der Waals surface area (Å²) in [4.78, 5) is 19.6. The number of carbonyl (C=O) groups is 1. The number of amides is 1. The van der Waals surface area contributed by atoms with Gasteiger partial charge < -0.3 is 9.64 Å². The van der Waals surface area contributed by atoms with E-state index in [1.54, 1.807) is 0 Å². The maximum absolute atomic E-state index is 12.6. The molecule has 3 aliphatic rings. The lowest BCUT2D eigenvalue weighted by Crippen LogP contribution is -2.47. The van der Waals surface area contributed by atoms with E-state index in [9.17, 15) is 4.79 Å². The minimum atomic E-state index is -0.443. The van der Waals surface area contributed by atoms with Crippen molar-refractivity contribution in [3.8, 4) is 0 Å². The highest BCUT2D eigenvalue weighted by Crippen LogP contribution is 2.44. The Bertz CT molecular complexity index is 919. The van der Waals surface area contributed by atoms with Crippen LogP contribution in [0.3, 0.4) is 0 Å². The Kier molecular flexibility index (Phi) is 5.27. The van der Waals surface area contributed by atoms with Crippen LogP contribution in [0, 0.1) is 17.8 Å². The number of likely N-dealkylation sites (tertiary alicyclic amines) is 1. The predicted molar refractivity (Wildman–Crippen MR) is 119 cm³/mol. The Hall–Kier alpha value is -2.37. The number of hydrogen-bond donors (Lipinski definition) is 0. The number of aryl methyl sites for hydroxylation is 1. The number of benzene rings is 1. The summed E-state index contributed by atoms with van der Waals surface area (Å²) in [5, 5.41) is 4.92. The van der Waals surface area contributed by atoms with Crippen molar-refractivity contribution in [3.05, 3.63) is 47.5 Å². The minimum Gasteiger partial charge on any atom is -0.444 e. The van der Waals surface area contributed by atoms with Crippen LogP contribution in [0.5, 0.6) is 0 Å². The van der Waals surface area contributed by atoms with E-state index >= 15 is 0 Å². The number of rotatable bonds is 3. The first-order valence-corrected chi connectivity index (χ1v) is 11.8. The maximum atomic E-state index is 12.6. The molecule has 4 atom stereocenters. The van der Waals surface area contributed by atoms with Gasteiger partial charge in [-0.2, -0.15) is 5.10 Å². The molecule has 31 heavy (non-hydrogen) atoms. The van der Waals surface area contributed by atoms with Gasteiger partial charge in [0.05, 0.1) is 0 Å². The fourth-order valence-corrected chi connectivity index (χ4v) is 5.84. The van der Waals surface area contributed by atoms with E-state index in [4.69, 9.17) is 14.8 Å². The fraction of sp³-hybridized carbons (Fsp3) is 0.640. The summed E-state index contributed by atoms with van der Waals surface area (Å²) in [5.74, 6) is 4.09. The van der Waals surface area contributed by atoms with E-state index in [0.29, 0.717) is 23.7 Å². The summed E-state index contributed by atoms with van der Waals surface area (Å²) in [7, 11) is 0. The van der Waals surface area contributed by atoms with Gasteiger partial charge in [0.1, 0.15) is 11.4 Å². The third-order valence-electron chi connectivity index (χ3n) is 7.22. The molecule has 2 aliphatic heterocycles. The highest BCUT2D eigenvalue weighted by atomic mass is 16.6. The Labute approximate surface area is 185 Å². The first-order chi connectivity index (χ1) is 14.9. The molecule has 1 saturated carbocycles. The lowest BCUT2D eigenvalue weighted by atomic mass is 9.82. The summed E-state index contributed by atoms with van der Waals surface area (Å²) < 4.78 is 7.77. The van der Waals surface area contributed by atoms with Crippen LogP contribution < -0.4 is 0 Å². The summed E-state index contributed by atoms with van der Waals surface area (Å²) >= 11 is 0. The summed E-state index contributed by atoms with van der Waals surface area (Å²) in [6, 6.07) is 10.7. The average molecular weight is 423 g/mol. The van der Waals surface area contributed by atoms with Gasteiger partial charge >= 0.3 is 6.09 Å². The van der Waals surface area contributed by atoms with Crippen LogP contribution in [-0.4, -0.2) is 44.4 Å². The number of ether oxygens (including phenoxy) is 1. The second-order valence-corrected chi connectivity index (χ2v) is 10.6. The van der Waals surface area contributed by atoms with Crippen LogP contribution >= 0.6 is 0 Å². The van der Waals surface area contributed by atoms with Crippen LogP contribution in [0.25, 0.3) is 0 Å². The molecule has 2 aromatic rings. The Morgan fingerprint density at radius 1 is 1.10 bits per heavy atom. The zero-order valence-corrected chi connectivity index (χ0v) is 19.0. The monoisotopic (exact) mass is 422 g/mol. The number of aromatic nitrogens is 3. The molecule has 0 radical (unpaired) electrons. The van der Waals surface area contributed by atoms with Gasteiger partial charge in [0.25, 0.3) is 0 Å². The summed E-state index contributed by atoms with van der Waals surface area (Å²) in [6.45, 7) is 8.37. The number of hydrogen-bond acceptors (Lipinski definition) is 4. The van der Waals surface area contributed by atoms with E-state index < -0.39 is 5.60 Å². The zero-order valence-electron chi connectivity index (χ0n) is 19.0. The van der Waals surface area contributed by atoms with E-state index in [0.717, 1.165) is 50.5 Å². The molecular formula is C25H34N4O2. The van der Waals surface area contributed by atoms with Gasteiger partial charge in [-0.15, -0.1) is 0 Å². The average Bonchev–Trinajstić information content (AvgIpc) is 3.23. The second-order valence-electron chi connectivity index (χ2n) is 10.6. The molecule has 1 aromatic carbocycles. The Morgan fingerprint density at radius 3 is 2.48 bits per heavy atom. The maximum Gasteiger partial charge on any atom is 0.410 e. The molecule has 1 aliphatic carbocycles. The van der Waals surface area contributed by atoms with Crippen molar-refractivity contribution in [1.82, 2.24) is 19.7 Å². The Morgan fingerprint density at radius 2 is 1.81 bits per heavy atom.